The molecule has 0 nitrogen and oxygen atoms in total. The normalized spacial score (nSPS) is 29.7. The summed E-state index contributed by atoms with van der Waals surface area (Å²) in [5.41, 5.74) is 0. The molecule has 0 saturated carbocycles. The molecule has 0 aromatic carbocycles. The van der Waals surface area contributed by atoms with Crippen LogP contribution in [0.4, 0.5) is 0 Å². The molecule has 0 amide bonds. The predicted octanol–water partition coefficient (Wildman–Crippen LogP) is 4.34. The molecule has 0 radical (unpaired) electrons. The number of rotatable bonds is 0. The molecule has 0 N–H and O–H groups in total. The van der Waals surface area contributed by atoms with E-state index in [9.17, 15) is 0 Å². The van der Waals surface area contributed by atoms with Crippen LogP contribution in [0, 0.1) is 0 Å². The van der Waals surface area contributed by atoms with Gasteiger partial charge in [-0.05, 0) is 25.7 Å². The maximum Gasteiger partial charge on any atom is -0.0347 e. The first kappa shape index (κ1) is 10.8. The Hall–Kier alpha value is -1.30. The van der Waals surface area contributed by atoms with E-state index >= 15 is 0 Å². The van der Waals surface area contributed by atoms with Gasteiger partial charge < -0.3 is 0 Å². The lowest BCUT2D eigenvalue weighted by atomic mass is 10.1. The van der Waals surface area contributed by atoms with Gasteiger partial charge in [0.2, 0.25) is 0 Å². The van der Waals surface area contributed by atoms with Gasteiger partial charge >= 0.3 is 0 Å². The van der Waals surface area contributed by atoms with E-state index in [-0.39, 0.29) is 0 Å². The third-order valence-electron chi connectivity index (χ3n) is 2.04. The van der Waals surface area contributed by atoms with Gasteiger partial charge in [0.05, 0.1) is 0 Å². The standard InChI is InChI=1S/C14H18/c1-2-4-6-8-10-12-14-13-11-9-7-5-3-1/h1-10H,11-14H2/b2-1+,5-3-,6-4+,9-7+,10-8+. The van der Waals surface area contributed by atoms with E-state index in [1.807, 2.05) is 12.2 Å². The van der Waals surface area contributed by atoms with Crippen molar-refractivity contribution in [2.24, 2.45) is 0 Å². The molecule has 14 heavy (non-hydrogen) atoms. The molecule has 1 aliphatic carbocycles. The Bertz CT molecular complexity index is 234. The maximum absolute atomic E-state index is 2.23. The van der Waals surface area contributed by atoms with Gasteiger partial charge in [-0.1, -0.05) is 60.8 Å². The van der Waals surface area contributed by atoms with Gasteiger partial charge in [-0.15, -0.1) is 0 Å². The summed E-state index contributed by atoms with van der Waals surface area (Å²) in [6.45, 7) is 0. The van der Waals surface area contributed by atoms with Crippen molar-refractivity contribution in [1.29, 1.82) is 0 Å². The van der Waals surface area contributed by atoms with Crippen LogP contribution in [0.3, 0.4) is 0 Å². The molecule has 0 atom stereocenters. The van der Waals surface area contributed by atoms with E-state index in [1.54, 1.807) is 0 Å². The summed E-state index contributed by atoms with van der Waals surface area (Å²) in [7, 11) is 0. The van der Waals surface area contributed by atoms with Crippen LogP contribution in [0.2, 0.25) is 0 Å². The Labute approximate surface area is 87.0 Å². The molecule has 0 spiro atoms. The first-order chi connectivity index (χ1) is 7.00. The zero-order valence-corrected chi connectivity index (χ0v) is 8.60. The van der Waals surface area contributed by atoms with Gasteiger partial charge in [-0.25, -0.2) is 0 Å². The van der Waals surface area contributed by atoms with Crippen molar-refractivity contribution in [2.75, 3.05) is 0 Å². The second-order valence-electron chi connectivity index (χ2n) is 3.30. The molecule has 0 heterocycles. The van der Waals surface area contributed by atoms with Crippen LogP contribution in [0.1, 0.15) is 25.7 Å². The van der Waals surface area contributed by atoms with Crippen LogP contribution < -0.4 is 0 Å². The molecule has 0 saturated heterocycles. The average Bonchev–Trinajstić information content (AvgIpc) is 2.22. The summed E-state index contributed by atoms with van der Waals surface area (Å²) >= 11 is 0. The van der Waals surface area contributed by atoms with Crippen LogP contribution >= 0.6 is 0 Å². The Morgan fingerprint density at radius 3 is 1.21 bits per heavy atom. The molecular formula is C14H18. The summed E-state index contributed by atoms with van der Waals surface area (Å²) in [6.07, 6.45) is 26.0. The van der Waals surface area contributed by atoms with Gasteiger partial charge in [0.25, 0.3) is 0 Å². The zero-order valence-electron chi connectivity index (χ0n) is 8.60. The molecular weight excluding hydrogens is 168 g/mol. The van der Waals surface area contributed by atoms with Gasteiger partial charge in [-0.3, -0.25) is 0 Å². The van der Waals surface area contributed by atoms with Crippen molar-refractivity contribution in [1.82, 2.24) is 0 Å². The highest BCUT2D eigenvalue weighted by Gasteiger charge is 1.82. The first-order valence-electron chi connectivity index (χ1n) is 5.32. The molecule has 0 fully saturated rings. The predicted molar refractivity (Wildman–Crippen MR) is 64.2 cm³/mol. The van der Waals surface area contributed by atoms with Crippen molar-refractivity contribution in [3.05, 3.63) is 60.8 Å². The van der Waals surface area contributed by atoms with Crippen molar-refractivity contribution < 1.29 is 0 Å². The van der Waals surface area contributed by atoms with Crippen molar-refractivity contribution in [3.63, 3.8) is 0 Å². The number of hydrogen-bond acceptors (Lipinski definition) is 0. The fraction of sp³-hybridized carbons (Fsp3) is 0.286. The lowest BCUT2D eigenvalue weighted by Crippen LogP contribution is -1.71. The highest BCUT2D eigenvalue weighted by molar-refractivity contribution is 5.17. The number of hydrogen-bond donors (Lipinski definition) is 0. The van der Waals surface area contributed by atoms with Crippen LogP contribution in [0.5, 0.6) is 0 Å². The van der Waals surface area contributed by atoms with Gasteiger partial charge in [-0.2, -0.15) is 0 Å². The monoisotopic (exact) mass is 186 g/mol. The van der Waals surface area contributed by atoms with E-state index in [0.717, 1.165) is 0 Å². The lowest BCUT2D eigenvalue weighted by molar-refractivity contribution is 0.762. The number of allylic oxidation sites excluding steroid dienone is 10. The molecule has 0 aromatic rings. The topological polar surface area (TPSA) is 0 Å². The highest BCUT2D eigenvalue weighted by atomic mass is 13.9. The summed E-state index contributed by atoms with van der Waals surface area (Å²) in [5, 5.41) is 0. The third-order valence-corrected chi connectivity index (χ3v) is 2.04. The van der Waals surface area contributed by atoms with E-state index in [2.05, 4.69) is 48.6 Å². The van der Waals surface area contributed by atoms with Crippen LogP contribution in [0.15, 0.2) is 60.8 Å². The SMILES string of the molecule is C1=C\C=C\CCCC/C=C/C=C/C=C/1. The minimum absolute atomic E-state index is 1.19. The molecule has 1 aliphatic rings. The minimum atomic E-state index is 1.19. The molecule has 0 aromatic heterocycles. The fourth-order valence-corrected chi connectivity index (χ4v) is 1.26. The molecule has 0 unspecified atom stereocenters. The van der Waals surface area contributed by atoms with Gasteiger partial charge in [0.1, 0.15) is 0 Å². The summed E-state index contributed by atoms with van der Waals surface area (Å²) < 4.78 is 0. The van der Waals surface area contributed by atoms with Crippen molar-refractivity contribution in [3.8, 4) is 0 Å². The smallest absolute Gasteiger partial charge is 0.0347 e. The lowest BCUT2D eigenvalue weighted by Gasteiger charge is -1.91. The Balaban J connectivity index is 2.46. The Kier molecular flexibility index (Phi) is 6.39. The summed E-state index contributed by atoms with van der Waals surface area (Å²) in [6, 6.07) is 0. The third kappa shape index (κ3) is 6.24. The largest absolute Gasteiger partial charge is 0.0845 e. The minimum Gasteiger partial charge on any atom is -0.0845 e. The van der Waals surface area contributed by atoms with Crippen molar-refractivity contribution >= 4 is 0 Å². The highest BCUT2D eigenvalue weighted by Crippen LogP contribution is 2.02. The zero-order chi connectivity index (χ0) is 9.90. The Morgan fingerprint density at radius 2 is 0.786 bits per heavy atom. The first-order valence-corrected chi connectivity index (χ1v) is 5.32. The molecule has 1 rings (SSSR count). The second-order valence-corrected chi connectivity index (χ2v) is 3.30. The van der Waals surface area contributed by atoms with E-state index < -0.39 is 0 Å². The Morgan fingerprint density at radius 1 is 0.429 bits per heavy atom. The summed E-state index contributed by atoms with van der Waals surface area (Å²) in [4.78, 5) is 0. The van der Waals surface area contributed by atoms with Gasteiger partial charge in [0.15, 0.2) is 0 Å². The second kappa shape index (κ2) is 8.31. The van der Waals surface area contributed by atoms with Crippen LogP contribution in [-0.4, -0.2) is 0 Å². The molecule has 74 valence electrons. The van der Waals surface area contributed by atoms with E-state index in [0.29, 0.717) is 0 Å². The average molecular weight is 186 g/mol. The van der Waals surface area contributed by atoms with Crippen molar-refractivity contribution in [2.45, 2.75) is 25.7 Å². The molecule has 0 aliphatic heterocycles. The maximum atomic E-state index is 2.23. The molecule has 0 bridgehead atoms. The van der Waals surface area contributed by atoms with E-state index in [4.69, 9.17) is 0 Å². The van der Waals surface area contributed by atoms with Crippen LogP contribution in [-0.2, 0) is 0 Å². The van der Waals surface area contributed by atoms with E-state index in [1.165, 1.54) is 25.7 Å². The van der Waals surface area contributed by atoms with Crippen LogP contribution in [0.25, 0.3) is 0 Å². The quantitative estimate of drug-likeness (QED) is 0.528. The molecule has 0 heteroatoms. The summed E-state index contributed by atoms with van der Waals surface area (Å²) in [5.74, 6) is 0. The fourth-order valence-electron chi connectivity index (χ4n) is 1.26. The van der Waals surface area contributed by atoms with Gasteiger partial charge in [0, 0.05) is 0 Å².